The fourth-order valence-electron chi connectivity index (χ4n) is 3.79. The molecule has 2 amide bonds. The van der Waals surface area contributed by atoms with Crippen molar-refractivity contribution in [1.82, 2.24) is 14.7 Å². The van der Waals surface area contributed by atoms with E-state index < -0.39 is 0 Å². The van der Waals surface area contributed by atoms with E-state index in [9.17, 15) is 9.59 Å². The molecule has 2 aromatic carbocycles. The largest absolute Gasteiger partial charge is 0.369 e. The molecule has 1 aromatic heterocycles. The number of benzene rings is 2. The van der Waals surface area contributed by atoms with Crippen molar-refractivity contribution in [2.75, 3.05) is 13.1 Å². The number of rotatable bonds is 5. The van der Waals surface area contributed by atoms with E-state index >= 15 is 0 Å². The molecule has 0 radical (unpaired) electrons. The van der Waals surface area contributed by atoms with E-state index in [2.05, 4.69) is 0 Å². The van der Waals surface area contributed by atoms with E-state index in [1.165, 1.54) is 0 Å². The van der Waals surface area contributed by atoms with E-state index in [1.54, 1.807) is 27.9 Å². The number of hydrogen-bond acceptors (Lipinski definition) is 3. The minimum atomic E-state index is -0.292. The Bertz CT molecular complexity index is 1040. The van der Waals surface area contributed by atoms with Crippen molar-refractivity contribution in [3.05, 3.63) is 76.9 Å². The second-order valence-corrected chi connectivity index (χ2v) is 7.99. The number of halogens is 1. The molecule has 0 atom stereocenters. The minimum Gasteiger partial charge on any atom is -0.369 e. The molecule has 30 heavy (non-hydrogen) atoms. The van der Waals surface area contributed by atoms with Crippen molar-refractivity contribution >= 4 is 23.4 Å². The van der Waals surface area contributed by atoms with Crippen molar-refractivity contribution in [2.45, 2.75) is 19.4 Å². The van der Waals surface area contributed by atoms with E-state index in [4.69, 9.17) is 22.4 Å². The van der Waals surface area contributed by atoms with Crippen LogP contribution in [0.25, 0.3) is 11.3 Å². The van der Waals surface area contributed by atoms with Crippen LogP contribution in [-0.2, 0) is 11.3 Å². The van der Waals surface area contributed by atoms with Crippen molar-refractivity contribution in [2.24, 2.45) is 11.7 Å². The molecule has 1 fully saturated rings. The second kappa shape index (κ2) is 8.71. The fraction of sp³-hybridized carbons (Fsp3) is 0.261. The Labute approximate surface area is 180 Å². The zero-order valence-electron chi connectivity index (χ0n) is 16.5. The van der Waals surface area contributed by atoms with Crippen molar-refractivity contribution in [3.8, 4) is 11.3 Å². The zero-order chi connectivity index (χ0) is 21.1. The van der Waals surface area contributed by atoms with Gasteiger partial charge in [0, 0.05) is 35.8 Å². The first kappa shape index (κ1) is 20.2. The number of piperidine rings is 1. The number of nitrogens with zero attached hydrogens (tertiary/aromatic N) is 3. The highest BCUT2D eigenvalue weighted by atomic mass is 35.5. The van der Waals surface area contributed by atoms with Gasteiger partial charge in [0.15, 0.2) is 0 Å². The third-order valence-electron chi connectivity index (χ3n) is 5.48. The van der Waals surface area contributed by atoms with Gasteiger partial charge in [-0.1, -0.05) is 54.1 Å². The van der Waals surface area contributed by atoms with Crippen LogP contribution in [0.2, 0.25) is 5.02 Å². The van der Waals surface area contributed by atoms with Gasteiger partial charge >= 0.3 is 0 Å². The summed E-state index contributed by atoms with van der Waals surface area (Å²) in [6, 6.07) is 17.3. The number of likely N-dealkylation sites (tertiary alicyclic amines) is 1. The lowest BCUT2D eigenvalue weighted by Gasteiger charge is -2.30. The molecule has 0 saturated carbocycles. The monoisotopic (exact) mass is 422 g/mol. The molecule has 154 valence electrons. The third kappa shape index (κ3) is 4.39. The maximum absolute atomic E-state index is 13.3. The fourth-order valence-corrected chi connectivity index (χ4v) is 3.91. The van der Waals surface area contributed by atoms with Crippen LogP contribution in [0.4, 0.5) is 0 Å². The van der Waals surface area contributed by atoms with E-state index in [0.717, 1.165) is 11.1 Å². The molecule has 4 rings (SSSR count). The molecule has 6 nitrogen and oxygen atoms in total. The van der Waals surface area contributed by atoms with Gasteiger partial charge in [0.2, 0.25) is 5.91 Å². The maximum atomic E-state index is 13.3. The van der Waals surface area contributed by atoms with Gasteiger partial charge in [-0.15, -0.1) is 0 Å². The SMILES string of the molecule is NC(=O)C1CCN(C(=O)c2cn(Cc3ccccc3)nc2-c2ccc(Cl)cc2)CC1. The second-order valence-electron chi connectivity index (χ2n) is 7.55. The quantitative estimate of drug-likeness (QED) is 0.682. The molecular formula is C23H23ClN4O2. The first-order valence-corrected chi connectivity index (χ1v) is 10.3. The number of carbonyl (C=O) groups excluding carboxylic acids is 2. The molecule has 1 aliphatic heterocycles. The summed E-state index contributed by atoms with van der Waals surface area (Å²) in [6.45, 7) is 1.59. The van der Waals surface area contributed by atoms with Crippen LogP contribution in [0, 0.1) is 5.92 Å². The average molecular weight is 423 g/mol. The summed E-state index contributed by atoms with van der Waals surface area (Å²) in [6.07, 6.45) is 2.99. The van der Waals surface area contributed by atoms with Crippen LogP contribution in [0.1, 0.15) is 28.8 Å². The van der Waals surface area contributed by atoms with Crippen LogP contribution in [0.15, 0.2) is 60.8 Å². The number of hydrogen-bond donors (Lipinski definition) is 1. The molecule has 0 unspecified atom stereocenters. The predicted octanol–water partition coefficient (Wildman–Crippen LogP) is 3.59. The van der Waals surface area contributed by atoms with Crippen molar-refractivity contribution < 1.29 is 9.59 Å². The first-order chi connectivity index (χ1) is 14.5. The molecule has 3 aromatic rings. The summed E-state index contributed by atoms with van der Waals surface area (Å²) in [5.74, 6) is -0.535. The zero-order valence-corrected chi connectivity index (χ0v) is 17.3. The molecule has 0 spiro atoms. The highest BCUT2D eigenvalue weighted by Crippen LogP contribution is 2.27. The van der Waals surface area contributed by atoms with E-state index in [0.29, 0.717) is 48.8 Å². The number of aromatic nitrogens is 2. The van der Waals surface area contributed by atoms with Crippen molar-refractivity contribution in [3.63, 3.8) is 0 Å². The lowest BCUT2D eigenvalue weighted by molar-refractivity contribution is -0.123. The van der Waals surface area contributed by atoms with Crippen molar-refractivity contribution in [1.29, 1.82) is 0 Å². The highest BCUT2D eigenvalue weighted by Gasteiger charge is 2.29. The van der Waals surface area contributed by atoms with Gasteiger partial charge in [-0.25, -0.2) is 0 Å². The summed E-state index contributed by atoms with van der Waals surface area (Å²) in [7, 11) is 0. The standard InChI is InChI=1S/C23H23ClN4O2/c24-19-8-6-17(7-9-19)21-20(15-28(26-21)14-16-4-2-1-3-5-16)23(30)27-12-10-18(11-13-27)22(25)29/h1-9,15,18H,10-14H2,(H2,25,29). The van der Waals surface area contributed by atoms with Gasteiger partial charge in [-0.3, -0.25) is 14.3 Å². The van der Waals surface area contributed by atoms with Gasteiger partial charge < -0.3 is 10.6 Å². The lowest BCUT2D eigenvalue weighted by atomic mass is 9.95. The molecule has 2 N–H and O–H groups in total. The summed E-state index contributed by atoms with van der Waals surface area (Å²) in [4.78, 5) is 26.6. The van der Waals surface area contributed by atoms with Crippen LogP contribution < -0.4 is 5.73 Å². The number of amides is 2. The predicted molar refractivity (Wildman–Crippen MR) is 116 cm³/mol. The smallest absolute Gasteiger partial charge is 0.257 e. The van der Waals surface area contributed by atoms with Gasteiger partial charge in [-0.2, -0.15) is 5.10 Å². The van der Waals surface area contributed by atoms with Gasteiger partial charge in [-0.05, 0) is 30.5 Å². The topological polar surface area (TPSA) is 81.2 Å². The van der Waals surface area contributed by atoms with E-state index in [-0.39, 0.29) is 17.7 Å². The molecule has 0 aliphatic carbocycles. The number of primary amides is 1. The lowest BCUT2D eigenvalue weighted by Crippen LogP contribution is -2.41. The molecule has 1 saturated heterocycles. The Morgan fingerprint density at radius 2 is 1.70 bits per heavy atom. The molecular weight excluding hydrogens is 400 g/mol. The Morgan fingerprint density at radius 3 is 2.33 bits per heavy atom. The van der Waals surface area contributed by atoms with E-state index in [1.807, 2.05) is 42.5 Å². The van der Waals surface area contributed by atoms with Crippen LogP contribution >= 0.6 is 11.6 Å². The van der Waals surface area contributed by atoms with Gasteiger partial charge in [0.1, 0.15) is 5.69 Å². The first-order valence-electron chi connectivity index (χ1n) is 9.97. The Hall–Kier alpha value is -3.12. The van der Waals surface area contributed by atoms with Gasteiger partial charge in [0.05, 0.1) is 12.1 Å². The third-order valence-corrected chi connectivity index (χ3v) is 5.73. The minimum absolute atomic E-state index is 0.0813. The Kier molecular flexibility index (Phi) is 5.86. The number of carbonyl (C=O) groups is 2. The molecule has 1 aliphatic rings. The molecule has 7 heteroatoms. The maximum Gasteiger partial charge on any atom is 0.257 e. The molecule has 2 heterocycles. The summed E-state index contributed by atoms with van der Waals surface area (Å²) in [5, 5.41) is 5.35. The average Bonchev–Trinajstić information content (AvgIpc) is 3.18. The van der Waals surface area contributed by atoms with Crippen LogP contribution in [-0.4, -0.2) is 39.6 Å². The van der Waals surface area contributed by atoms with Crippen LogP contribution in [0.3, 0.4) is 0 Å². The Morgan fingerprint density at radius 1 is 1.03 bits per heavy atom. The Balaban J connectivity index is 1.64. The summed E-state index contributed by atoms with van der Waals surface area (Å²) < 4.78 is 1.79. The normalized spacial score (nSPS) is 14.6. The summed E-state index contributed by atoms with van der Waals surface area (Å²) in [5.41, 5.74) is 8.53. The summed E-state index contributed by atoms with van der Waals surface area (Å²) >= 11 is 6.04. The number of nitrogens with two attached hydrogens (primary N) is 1. The molecule has 0 bridgehead atoms. The van der Waals surface area contributed by atoms with Crippen LogP contribution in [0.5, 0.6) is 0 Å². The van der Waals surface area contributed by atoms with Gasteiger partial charge in [0.25, 0.3) is 5.91 Å². The highest BCUT2D eigenvalue weighted by molar-refractivity contribution is 6.30.